The Labute approximate surface area is 180 Å². The predicted octanol–water partition coefficient (Wildman–Crippen LogP) is 0.516. The Kier molecular flexibility index (Phi) is 10.1. The number of aliphatic hydroxyl groups is 4. The van der Waals surface area contributed by atoms with Crippen LogP contribution in [0.2, 0.25) is 0 Å². The Morgan fingerprint density at radius 1 is 1.17 bits per heavy atom. The molecule has 30 heavy (non-hydrogen) atoms. The van der Waals surface area contributed by atoms with Crippen molar-refractivity contribution in [2.75, 3.05) is 19.0 Å². The molecule has 4 N–H and O–H groups in total. The lowest BCUT2D eigenvalue weighted by Gasteiger charge is -2.45. The SMILES string of the molecule is CCCN(C(=O)N(CCCl)N=O)C(O)[C@H]1O[C@H](OC2CCCCC2)[C@H](O)[C@@H](O)[C@H]1O. The van der Waals surface area contributed by atoms with Crippen LogP contribution in [-0.2, 0) is 9.47 Å². The molecular formula is C18H32ClN3O8. The molecule has 2 rings (SSSR count). The van der Waals surface area contributed by atoms with Crippen LogP contribution in [0.25, 0.3) is 0 Å². The van der Waals surface area contributed by atoms with Crippen LogP contribution in [0.15, 0.2) is 5.29 Å². The minimum atomic E-state index is -1.73. The number of amides is 2. The van der Waals surface area contributed by atoms with Gasteiger partial charge in [0.15, 0.2) is 12.5 Å². The molecule has 2 amide bonds. The second kappa shape index (κ2) is 12.1. The number of urea groups is 1. The van der Waals surface area contributed by atoms with E-state index >= 15 is 0 Å². The zero-order valence-electron chi connectivity index (χ0n) is 17.0. The second-order valence-electron chi connectivity index (χ2n) is 7.62. The molecule has 6 atom stereocenters. The molecule has 0 aromatic carbocycles. The van der Waals surface area contributed by atoms with E-state index < -0.39 is 43.0 Å². The van der Waals surface area contributed by atoms with Crippen LogP contribution in [-0.4, -0.2) is 98.4 Å². The first-order valence-electron chi connectivity index (χ1n) is 10.4. The van der Waals surface area contributed by atoms with E-state index in [1.54, 1.807) is 6.92 Å². The van der Waals surface area contributed by atoms with Gasteiger partial charge in [0.2, 0.25) is 0 Å². The number of rotatable bonds is 9. The van der Waals surface area contributed by atoms with Crippen molar-refractivity contribution in [2.24, 2.45) is 5.29 Å². The van der Waals surface area contributed by atoms with Crippen molar-refractivity contribution in [2.45, 2.75) is 88.5 Å². The molecular weight excluding hydrogens is 422 g/mol. The van der Waals surface area contributed by atoms with Crippen molar-refractivity contribution >= 4 is 17.6 Å². The lowest BCUT2D eigenvalue weighted by Crippen LogP contribution is -2.65. The van der Waals surface area contributed by atoms with Gasteiger partial charge in [0.05, 0.1) is 17.9 Å². The molecule has 0 radical (unpaired) electrons. The number of ether oxygens (including phenoxy) is 2. The fourth-order valence-electron chi connectivity index (χ4n) is 3.78. The van der Waals surface area contributed by atoms with Crippen molar-refractivity contribution in [1.29, 1.82) is 0 Å². The van der Waals surface area contributed by atoms with Crippen LogP contribution in [0.5, 0.6) is 0 Å². The molecule has 0 bridgehead atoms. The van der Waals surface area contributed by atoms with Crippen molar-refractivity contribution in [3.05, 3.63) is 4.91 Å². The number of hydrogen-bond donors (Lipinski definition) is 4. The van der Waals surface area contributed by atoms with Gasteiger partial charge in [0.1, 0.15) is 24.4 Å². The summed E-state index contributed by atoms with van der Waals surface area (Å²) in [5, 5.41) is 45.0. The van der Waals surface area contributed by atoms with Crippen LogP contribution >= 0.6 is 11.6 Å². The van der Waals surface area contributed by atoms with Gasteiger partial charge in [-0.15, -0.1) is 16.5 Å². The van der Waals surface area contributed by atoms with E-state index in [-0.39, 0.29) is 25.1 Å². The molecule has 1 aliphatic heterocycles. The Balaban J connectivity index is 2.16. The molecule has 0 spiro atoms. The first-order valence-corrected chi connectivity index (χ1v) is 10.9. The molecule has 1 unspecified atom stereocenters. The summed E-state index contributed by atoms with van der Waals surface area (Å²) in [6.45, 7) is 1.60. The largest absolute Gasteiger partial charge is 0.387 e. The average molecular weight is 454 g/mol. The molecule has 174 valence electrons. The van der Waals surface area contributed by atoms with E-state index in [1.165, 1.54) is 0 Å². The van der Waals surface area contributed by atoms with Gasteiger partial charge in [-0.1, -0.05) is 26.2 Å². The van der Waals surface area contributed by atoms with Gasteiger partial charge < -0.3 is 29.9 Å². The normalized spacial score (nSPS) is 31.2. The van der Waals surface area contributed by atoms with Gasteiger partial charge in [0, 0.05) is 12.4 Å². The molecule has 1 saturated heterocycles. The fraction of sp³-hybridized carbons (Fsp3) is 0.944. The monoisotopic (exact) mass is 453 g/mol. The van der Waals surface area contributed by atoms with Gasteiger partial charge in [-0.2, -0.15) is 5.01 Å². The number of nitrogens with zero attached hydrogens (tertiary/aromatic N) is 3. The molecule has 1 aliphatic carbocycles. The van der Waals surface area contributed by atoms with Gasteiger partial charge in [-0.05, 0) is 19.3 Å². The van der Waals surface area contributed by atoms with Crippen molar-refractivity contribution < 1.29 is 34.7 Å². The van der Waals surface area contributed by atoms with Crippen LogP contribution < -0.4 is 0 Å². The minimum absolute atomic E-state index is 0.0215. The van der Waals surface area contributed by atoms with E-state index in [0.717, 1.165) is 37.0 Å². The third kappa shape index (κ3) is 6.00. The van der Waals surface area contributed by atoms with Crippen LogP contribution in [0.3, 0.4) is 0 Å². The van der Waals surface area contributed by atoms with Crippen molar-refractivity contribution in [3.8, 4) is 0 Å². The zero-order valence-corrected chi connectivity index (χ0v) is 17.8. The third-order valence-electron chi connectivity index (χ3n) is 5.42. The summed E-state index contributed by atoms with van der Waals surface area (Å²) in [4.78, 5) is 24.5. The molecule has 11 nitrogen and oxygen atoms in total. The topological polar surface area (TPSA) is 152 Å². The van der Waals surface area contributed by atoms with Gasteiger partial charge in [-0.3, -0.25) is 4.90 Å². The number of alkyl halides is 1. The molecule has 2 aliphatic rings. The molecule has 0 aromatic heterocycles. The summed E-state index contributed by atoms with van der Waals surface area (Å²) >= 11 is 5.58. The molecule has 1 saturated carbocycles. The Morgan fingerprint density at radius 2 is 1.83 bits per heavy atom. The van der Waals surface area contributed by atoms with E-state index in [4.69, 9.17) is 21.1 Å². The second-order valence-corrected chi connectivity index (χ2v) is 8.00. The lowest BCUT2D eigenvalue weighted by atomic mass is 9.95. The Hall–Kier alpha value is -1.08. The van der Waals surface area contributed by atoms with Crippen molar-refractivity contribution in [1.82, 2.24) is 9.91 Å². The van der Waals surface area contributed by atoms with Crippen LogP contribution in [0, 0.1) is 4.91 Å². The zero-order chi connectivity index (χ0) is 22.3. The van der Waals surface area contributed by atoms with E-state index in [1.807, 2.05) is 0 Å². The summed E-state index contributed by atoms with van der Waals surface area (Å²) in [7, 11) is 0. The summed E-state index contributed by atoms with van der Waals surface area (Å²) in [6, 6.07) is -0.916. The number of nitroso groups, excluding NO2 is 1. The first kappa shape index (κ1) is 25.2. The highest BCUT2D eigenvalue weighted by Crippen LogP contribution is 2.29. The number of halogens is 1. The lowest BCUT2D eigenvalue weighted by molar-refractivity contribution is -0.328. The maximum atomic E-state index is 12.6. The minimum Gasteiger partial charge on any atom is -0.387 e. The van der Waals surface area contributed by atoms with Crippen molar-refractivity contribution in [3.63, 3.8) is 0 Å². The molecule has 2 fully saturated rings. The average Bonchev–Trinajstić information content (AvgIpc) is 2.76. The number of aliphatic hydroxyl groups excluding tert-OH is 4. The highest BCUT2D eigenvalue weighted by molar-refractivity contribution is 6.18. The highest BCUT2D eigenvalue weighted by Gasteiger charge is 2.49. The molecule has 1 heterocycles. The third-order valence-corrected chi connectivity index (χ3v) is 5.59. The first-order chi connectivity index (χ1) is 14.3. The standard InChI is InChI=1S/C18H32ClN3O8/c1-2-9-21(18(27)22(20-28)10-8-19)16(26)15-13(24)12(23)14(25)17(30-15)29-11-6-4-3-5-7-11/h11-17,23-26H,2-10H2,1H3/t12-,13+,14+,15-,16?,17-/m0/s1. The smallest absolute Gasteiger partial charge is 0.345 e. The predicted molar refractivity (Wildman–Crippen MR) is 106 cm³/mol. The fourth-order valence-corrected chi connectivity index (χ4v) is 3.94. The summed E-state index contributed by atoms with van der Waals surface area (Å²) in [5.74, 6) is -0.0434. The van der Waals surface area contributed by atoms with Gasteiger partial charge in [0.25, 0.3) is 0 Å². The Bertz CT molecular complexity index is 554. The molecule has 0 aromatic rings. The maximum absolute atomic E-state index is 12.6. The summed E-state index contributed by atoms with van der Waals surface area (Å²) in [6.07, 6.45) is -4.54. The van der Waals surface area contributed by atoms with E-state index in [0.29, 0.717) is 11.4 Å². The maximum Gasteiger partial charge on any atom is 0.345 e. The Morgan fingerprint density at radius 3 is 2.40 bits per heavy atom. The number of carbonyl (C=O) groups excluding carboxylic acids is 1. The quantitative estimate of drug-likeness (QED) is 0.170. The molecule has 12 heteroatoms. The van der Waals surface area contributed by atoms with E-state index in [9.17, 15) is 30.1 Å². The van der Waals surface area contributed by atoms with Gasteiger partial charge in [-0.25, -0.2) is 4.79 Å². The number of hydrogen-bond acceptors (Lipinski definition) is 9. The highest BCUT2D eigenvalue weighted by atomic mass is 35.5. The number of carbonyl (C=O) groups is 1. The van der Waals surface area contributed by atoms with Crippen LogP contribution in [0.4, 0.5) is 4.79 Å². The van der Waals surface area contributed by atoms with Crippen LogP contribution in [0.1, 0.15) is 45.4 Å². The van der Waals surface area contributed by atoms with Gasteiger partial charge >= 0.3 is 6.03 Å². The summed E-state index contributed by atoms with van der Waals surface area (Å²) < 4.78 is 11.4. The van der Waals surface area contributed by atoms with E-state index in [2.05, 4.69) is 5.29 Å². The summed E-state index contributed by atoms with van der Waals surface area (Å²) in [5.41, 5.74) is 0.